The molecule has 1 aliphatic heterocycles. The second-order valence-corrected chi connectivity index (χ2v) is 6.38. The number of hydrogen-bond donors (Lipinski definition) is 1. The molecule has 1 N–H and O–H groups in total. The molecule has 2 atom stereocenters. The second-order valence-electron chi connectivity index (χ2n) is 6.38. The van der Waals surface area contributed by atoms with Crippen molar-refractivity contribution in [2.45, 2.75) is 38.5 Å². The molecule has 25 heavy (non-hydrogen) atoms. The Labute approximate surface area is 148 Å². The second kappa shape index (κ2) is 8.47. The van der Waals surface area contributed by atoms with E-state index in [4.69, 9.17) is 14.2 Å². The summed E-state index contributed by atoms with van der Waals surface area (Å²) >= 11 is 0. The van der Waals surface area contributed by atoms with Gasteiger partial charge < -0.3 is 24.1 Å². The highest BCUT2D eigenvalue weighted by Gasteiger charge is 2.20. The maximum Gasteiger partial charge on any atom is 0.253 e. The molecule has 0 aliphatic carbocycles. The van der Waals surface area contributed by atoms with Crippen molar-refractivity contribution in [2.75, 3.05) is 32.2 Å². The van der Waals surface area contributed by atoms with Crippen LogP contribution < -0.4 is 5.32 Å². The van der Waals surface area contributed by atoms with Gasteiger partial charge in [-0.15, -0.1) is 0 Å². The lowest BCUT2D eigenvalue weighted by molar-refractivity contribution is -0.128. The highest BCUT2D eigenvalue weighted by molar-refractivity contribution is 5.96. The molecule has 0 unspecified atom stereocenters. The molecule has 1 saturated heterocycles. The van der Waals surface area contributed by atoms with E-state index in [1.54, 1.807) is 14.0 Å². The zero-order chi connectivity index (χ0) is 17.6. The minimum Gasteiger partial charge on any atom is -0.383 e. The fourth-order valence-corrected chi connectivity index (χ4v) is 2.99. The Hall–Kier alpha value is -1.89. The largest absolute Gasteiger partial charge is 0.383 e. The average Bonchev–Trinajstić information content (AvgIpc) is 3.27. The Morgan fingerprint density at radius 3 is 3.08 bits per heavy atom. The lowest BCUT2D eigenvalue weighted by Crippen LogP contribution is -2.30. The Morgan fingerprint density at radius 2 is 2.32 bits per heavy atom. The molecule has 2 aromatic rings. The van der Waals surface area contributed by atoms with E-state index in [0.29, 0.717) is 13.2 Å². The van der Waals surface area contributed by atoms with Gasteiger partial charge in [0.05, 0.1) is 24.8 Å². The summed E-state index contributed by atoms with van der Waals surface area (Å²) in [6.07, 6.45) is 3.71. The van der Waals surface area contributed by atoms with Crippen LogP contribution >= 0.6 is 0 Å². The minimum atomic E-state index is -0.514. The Kier molecular flexibility index (Phi) is 6.07. The van der Waals surface area contributed by atoms with Crippen LogP contribution in [0, 0.1) is 0 Å². The number of fused-ring (bicyclic) bond motifs is 1. The highest BCUT2D eigenvalue weighted by Crippen LogP contribution is 2.21. The molecule has 3 rings (SSSR count). The van der Waals surface area contributed by atoms with Gasteiger partial charge >= 0.3 is 0 Å². The summed E-state index contributed by atoms with van der Waals surface area (Å²) in [5, 5.41) is 4.07. The number of aromatic nitrogens is 1. The van der Waals surface area contributed by atoms with Crippen molar-refractivity contribution < 1.29 is 19.0 Å². The van der Waals surface area contributed by atoms with Gasteiger partial charge in [-0.2, -0.15) is 0 Å². The molecule has 1 aromatic heterocycles. The van der Waals surface area contributed by atoms with Crippen molar-refractivity contribution in [3.8, 4) is 0 Å². The zero-order valence-electron chi connectivity index (χ0n) is 14.9. The van der Waals surface area contributed by atoms with Crippen LogP contribution in [0.2, 0.25) is 0 Å². The molecule has 2 heterocycles. The van der Waals surface area contributed by atoms with Crippen molar-refractivity contribution in [3.05, 3.63) is 30.5 Å². The van der Waals surface area contributed by atoms with Gasteiger partial charge in [-0.25, -0.2) is 0 Å². The average molecular weight is 346 g/mol. The van der Waals surface area contributed by atoms with E-state index in [-0.39, 0.29) is 12.0 Å². The molecular formula is C19H26N2O4. The first-order valence-electron chi connectivity index (χ1n) is 8.79. The van der Waals surface area contributed by atoms with Crippen LogP contribution in [-0.4, -0.2) is 49.6 Å². The number of methoxy groups -OCH3 is 1. The van der Waals surface area contributed by atoms with Crippen LogP contribution in [0.1, 0.15) is 19.8 Å². The normalized spacial score (nSPS) is 18.6. The number of ether oxygens (including phenoxy) is 3. The lowest BCUT2D eigenvalue weighted by atomic mass is 10.2. The maximum atomic E-state index is 12.3. The molecule has 1 amide bonds. The summed E-state index contributed by atoms with van der Waals surface area (Å²) < 4.78 is 18.4. The van der Waals surface area contributed by atoms with Crippen molar-refractivity contribution >= 4 is 22.5 Å². The third-order valence-electron chi connectivity index (χ3n) is 4.50. The fourth-order valence-electron chi connectivity index (χ4n) is 2.99. The monoisotopic (exact) mass is 346 g/mol. The number of nitrogens with one attached hydrogen (secondary N) is 1. The SMILES string of the molecule is COCCn1ccc2ccc(NC(=O)[C@H](C)OC[C@@H]3CCCO3)cc21. The fraction of sp³-hybridized carbons (Fsp3) is 0.526. The molecule has 6 nitrogen and oxygen atoms in total. The first-order valence-corrected chi connectivity index (χ1v) is 8.79. The number of hydrogen-bond acceptors (Lipinski definition) is 4. The standard InChI is InChI=1S/C19H26N2O4/c1-14(25-13-17-4-3-10-24-17)19(22)20-16-6-5-15-7-8-21(9-11-23-2)18(15)12-16/h5-8,12,14,17H,3-4,9-11,13H2,1-2H3,(H,20,22)/t14-,17-/m0/s1. The molecule has 1 fully saturated rings. The Bertz CT molecular complexity index is 707. The molecule has 6 heteroatoms. The van der Waals surface area contributed by atoms with Crippen molar-refractivity contribution in [3.63, 3.8) is 0 Å². The number of nitrogens with zero attached hydrogens (tertiary/aromatic N) is 1. The summed E-state index contributed by atoms with van der Waals surface area (Å²) in [7, 11) is 1.69. The van der Waals surface area contributed by atoms with E-state index in [1.165, 1.54) is 0 Å². The minimum absolute atomic E-state index is 0.121. The number of carbonyl (C=O) groups is 1. The van der Waals surface area contributed by atoms with Gasteiger partial charge in [0.1, 0.15) is 6.10 Å². The first kappa shape index (κ1) is 17.9. The number of benzene rings is 1. The maximum absolute atomic E-state index is 12.3. The van der Waals surface area contributed by atoms with Crippen LogP contribution in [0.4, 0.5) is 5.69 Å². The van der Waals surface area contributed by atoms with Crippen molar-refractivity contribution in [1.82, 2.24) is 4.57 Å². The van der Waals surface area contributed by atoms with Crippen LogP contribution in [-0.2, 0) is 25.5 Å². The summed E-state index contributed by atoms with van der Waals surface area (Å²) in [6, 6.07) is 7.96. The van der Waals surface area contributed by atoms with E-state index in [2.05, 4.69) is 16.0 Å². The number of carbonyl (C=O) groups excluding carboxylic acids is 1. The molecule has 1 aliphatic rings. The number of rotatable bonds is 8. The number of amides is 1. The van der Waals surface area contributed by atoms with Gasteiger partial charge in [0.15, 0.2) is 0 Å². The van der Waals surface area contributed by atoms with Crippen molar-refractivity contribution in [1.29, 1.82) is 0 Å². The predicted molar refractivity (Wildman–Crippen MR) is 96.8 cm³/mol. The molecule has 0 radical (unpaired) electrons. The van der Waals surface area contributed by atoms with Gasteiger partial charge in [-0.3, -0.25) is 4.79 Å². The third-order valence-corrected chi connectivity index (χ3v) is 4.50. The molecule has 0 spiro atoms. The zero-order valence-corrected chi connectivity index (χ0v) is 14.9. The molecule has 0 saturated carbocycles. The van der Waals surface area contributed by atoms with E-state index < -0.39 is 6.10 Å². The molecule has 136 valence electrons. The van der Waals surface area contributed by atoms with Gasteiger partial charge in [-0.1, -0.05) is 6.07 Å². The predicted octanol–water partition coefficient (Wildman–Crippen LogP) is 2.81. The third kappa shape index (κ3) is 4.60. The summed E-state index contributed by atoms with van der Waals surface area (Å²) in [6.45, 7) is 4.45. The van der Waals surface area contributed by atoms with Crippen LogP contribution in [0.15, 0.2) is 30.5 Å². The molecule has 1 aromatic carbocycles. The van der Waals surface area contributed by atoms with Gasteiger partial charge in [0.25, 0.3) is 5.91 Å². The van der Waals surface area contributed by atoms with Crippen LogP contribution in [0.3, 0.4) is 0 Å². The molecule has 0 bridgehead atoms. The number of anilines is 1. The smallest absolute Gasteiger partial charge is 0.253 e. The Morgan fingerprint density at radius 1 is 1.44 bits per heavy atom. The first-order chi connectivity index (χ1) is 12.2. The van der Waals surface area contributed by atoms with Gasteiger partial charge in [0, 0.05) is 32.1 Å². The highest BCUT2D eigenvalue weighted by atomic mass is 16.5. The van der Waals surface area contributed by atoms with Crippen LogP contribution in [0.25, 0.3) is 10.9 Å². The summed E-state index contributed by atoms with van der Waals surface area (Å²) in [5.41, 5.74) is 1.84. The quantitative estimate of drug-likeness (QED) is 0.798. The topological polar surface area (TPSA) is 61.7 Å². The van der Waals surface area contributed by atoms with E-state index in [1.807, 2.05) is 24.4 Å². The van der Waals surface area contributed by atoms with Gasteiger partial charge in [-0.05, 0) is 43.4 Å². The van der Waals surface area contributed by atoms with Crippen LogP contribution in [0.5, 0.6) is 0 Å². The summed E-state index contributed by atoms with van der Waals surface area (Å²) in [4.78, 5) is 12.3. The van der Waals surface area contributed by atoms with E-state index in [9.17, 15) is 4.79 Å². The van der Waals surface area contributed by atoms with E-state index >= 15 is 0 Å². The summed E-state index contributed by atoms with van der Waals surface area (Å²) in [5.74, 6) is -0.146. The molecular weight excluding hydrogens is 320 g/mol. The van der Waals surface area contributed by atoms with Gasteiger partial charge in [0.2, 0.25) is 0 Å². The van der Waals surface area contributed by atoms with E-state index in [0.717, 1.165) is 42.6 Å². The Balaban J connectivity index is 1.59. The lowest BCUT2D eigenvalue weighted by Gasteiger charge is -2.16. The van der Waals surface area contributed by atoms with Crippen molar-refractivity contribution in [2.24, 2.45) is 0 Å².